The minimum atomic E-state index is -4.30. The molecule has 19 heavy (non-hydrogen) atoms. The molecule has 2 rings (SSSR count). The van der Waals surface area contributed by atoms with Gasteiger partial charge < -0.3 is 19.3 Å². The Bertz CT molecular complexity index is 628. The van der Waals surface area contributed by atoms with Crippen LogP contribution in [0.5, 0.6) is 17.5 Å². The standard InChI is InChI=1S/C11H11N2O5P/c1-17-10-6-11(13-7-12-10)18-8-3-2-4-9(5-8)19(14,15)16/h2-7H,1H3,(H2,14,15,16). The van der Waals surface area contributed by atoms with Crippen molar-refractivity contribution in [3.8, 4) is 17.5 Å². The molecule has 0 bridgehead atoms. The average Bonchev–Trinajstić information content (AvgIpc) is 2.38. The molecule has 0 saturated carbocycles. The highest BCUT2D eigenvalue weighted by Gasteiger charge is 2.17. The van der Waals surface area contributed by atoms with Gasteiger partial charge in [0.2, 0.25) is 11.8 Å². The van der Waals surface area contributed by atoms with Gasteiger partial charge in [0.1, 0.15) is 12.1 Å². The summed E-state index contributed by atoms with van der Waals surface area (Å²) in [5, 5.41) is -0.119. The maximum Gasteiger partial charge on any atom is 0.356 e. The van der Waals surface area contributed by atoms with Crippen LogP contribution in [-0.2, 0) is 4.57 Å². The van der Waals surface area contributed by atoms with Gasteiger partial charge in [0.25, 0.3) is 0 Å². The van der Waals surface area contributed by atoms with E-state index in [4.69, 9.17) is 19.3 Å². The predicted molar refractivity (Wildman–Crippen MR) is 66.8 cm³/mol. The van der Waals surface area contributed by atoms with E-state index in [1.165, 1.54) is 37.7 Å². The number of hydrogen-bond donors (Lipinski definition) is 2. The van der Waals surface area contributed by atoms with Crippen LogP contribution in [0.1, 0.15) is 0 Å². The molecule has 0 aliphatic rings. The van der Waals surface area contributed by atoms with Crippen LogP contribution in [0.4, 0.5) is 0 Å². The lowest BCUT2D eigenvalue weighted by molar-refractivity contribution is 0.385. The molecular weight excluding hydrogens is 271 g/mol. The summed E-state index contributed by atoms with van der Waals surface area (Å²) in [6.45, 7) is 0. The van der Waals surface area contributed by atoms with Gasteiger partial charge in [-0.05, 0) is 18.2 Å². The molecule has 0 aliphatic carbocycles. The first-order chi connectivity index (χ1) is 8.99. The van der Waals surface area contributed by atoms with Gasteiger partial charge in [-0.1, -0.05) is 6.07 Å². The molecule has 1 aromatic carbocycles. The van der Waals surface area contributed by atoms with Gasteiger partial charge in [0, 0.05) is 0 Å². The third-order valence-corrected chi connectivity index (χ3v) is 3.15. The Balaban J connectivity index is 2.26. The maximum absolute atomic E-state index is 11.1. The molecular formula is C11H11N2O5P. The Hall–Kier alpha value is -1.95. The molecule has 0 radical (unpaired) electrons. The second-order valence-electron chi connectivity index (χ2n) is 3.54. The highest BCUT2D eigenvalue weighted by Crippen LogP contribution is 2.34. The Morgan fingerprint density at radius 3 is 2.58 bits per heavy atom. The summed E-state index contributed by atoms with van der Waals surface area (Å²) >= 11 is 0. The summed E-state index contributed by atoms with van der Waals surface area (Å²) in [6.07, 6.45) is 1.26. The third-order valence-electron chi connectivity index (χ3n) is 2.20. The molecule has 2 N–H and O–H groups in total. The Kier molecular flexibility index (Phi) is 3.80. The fraction of sp³-hybridized carbons (Fsp3) is 0.0909. The normalized spacial score (nSPS) is 11.1. The molecule has 0 saturated heterocycles. The maximum atomic E-state index is 11.1. The van der Waals surface area contributed by atoms with Crippen LogP contribution in [0.3, 0.4) is 0 Å². The summed E-state index contributed by atoms with van der Waals surface area (Å²) in [5.41, 5.74) is 0. The van der Waals surface area contributed by atoms with Gasteiger partial charge >= 0.3 is 7.60 Å². The van der Waals surface area contributed by atoms with Crippen molar-refractivity contribution in [1.29, 1.82) is 0 Å². The van der Waals surface area contributed by atoms with Crippen molar-refractivity contribution in [2.24, 2.45) is 0 Å². The molecule has 1 aromatic heterocycles. The second kappa shape index (κ2) is 5.36. The van der Waals surface area contributed by atoms with Crippen LogP contribution < -0.4 is 14.8 Å². The zero-order valence-corrected chi connectivity index (χ0v) is 10.8. The summed E-state index contributed by atoms with van der Waals surface area (Å²) in [7, 11) is -2.84. The van der Waals surface area contributed by atoms with E-state index in [2.05, 4.69) is 9.97 Å². The fourth-order valence-electron chi connectivity index (χ4n) is 1.34. The Labute approximate surface area is 109 Å². The van der Waals surface area contributed by atoms with Gasteiger partial charge in [0.15, 0.2) is 0 Å². The predicted octanol–water partition coefficient (Wildman–Crippen LogP) is 1.08. The fourth-order valence-corrected chi connectivity index (χ4v) is 1.91. The van der Waals surface area contributed by atoms with Crippen LogP contribution in [0.2, 0.25) is 0 Å². The van der Waals surface area contributed by atoms with E-state index >= 15 is 0 Å². The SMILES string of the molecule is COc1cc(Oc2cccc(P(=O)(O)O)c2)ncn1. The van der Waals surface area contributed by atoms with Crippen LogP contribution in [0.25, 0.3) is 0 Å². The topological polar surface area (TPSA) is 102 Å². The van der Waals surface area contributed by atoms with E-state index in [0.717, 1.165) is 0 Å². The zero-order valence-electron chi connectivity index (χ0n) is 9.92. The number of ether oxygens (including phenoxy) is 2. The van der Waals surface area contributed by atoms with Crippen LogP contribution in [0, 0.1) is 0 Å². The molecule has 0 unspecified atom stereocenters. The van der Waals surface area contributed by atoms with Crippen molar-refractivity contribution in [3.05, 3.63) is 36.7 Å². The first kappa shape index (κ1) is 13.5. The first-order valence-corrected chi connectivity index (χ1v) is 6.80. The van der Waals surface area contributed by atoms with Crippen molar-refractivity contribution < 1.29 is 23.8 Å². The molecule has 0 atom stereocenters. The van der Waals surface area contributed by atoms with Crippen molar-refractivity contribution in [1.82, 2.24) is 9.97 Å². The van der Waals surface area contributed by atoms with Crippen molar-refractivity contribution in [3.63, 3.8) is 0 Å². The molecule has 0 aliphatic heterocycles. The minimum absolute atomic E-state index is 0.119. The molecule has 1 heterocycles. The van der Waals surface area contributed by atoms with Crippen molar-refractivity contribution in [2.45, 2.75) is 0 Å². The molecule has 0 spiro atoms. The van der Waals surface area contributed by atoms with Gasteiger partial charge in [-0.15, -0.1) is 0 Å². The largest absolute Gasteiger partial charge is 0.481 e. The molecule has 100 valence electrons. The second-order valence-corrected chi connectivity index (χ2v) is 5.15. The lowest BCUT2D eigenvalue weighted by atomic mass is 10.3. The number of aromatic nitrogens is 2. The van der Waals surface area contributed by atoms with Crippen LogP contribution in [-0.4, -0.2) is 26.9 Å². The van der Waals surface area contributed by atoms with Crippen molar-refractivity contribution >= 4 is 12.9 Å². The Morgan fingerprint density at radius 1 is 1.16 bits per heavy atom. The van der Waals surface area contributed by atoms with Gasteiger partial charge in [0.05, 0.1) is 18.5 Å². The molecule has 2 aromatic rings. The van der Waals surface area contributed by atoms with Gasteiger partial charge in [-0.2, -0.15) is 0 Å². The van der Waals surface area contributed by atoms with E-state index in [1.807, 2.05) is 0 Å². The molecule has 0 amide bonds. The summed E-state index contributed by atoms with van der Waals surface area (Å²) in [5.74, 6) is 0.812. The molecule has 7 nitrogen and oxygen atoms in total. The quantitative estimate of drug-likeness (QED) is 0.809. The minimum Gasteiger partial charge on any atom is -0.481 e. The smallest absolute Gasteiger partial charge is 0.356 e. The molecule has 0 fully saturated rings. The number of methoxy groups -OCH3 is 1. The molecule has 8 heteroatoms. The van der Waals surface area contributed by atoms with E-state index in [9.17, 15) is 4.57 Å². The highest BCUT2D eigenvalue weighted by molar-refractivity contribution is 7.60. The van der Waals surface area contributed by atoms with E-state index in [-0.39, 0.29) is 16.9 Å². The number of rotatable bonds is 4. The van der Waals surface area contributed by atoms with Gasteiger partial charge in [-0.25, -0.2) is 9.97 Å². The zero-order chi connectivity index (χ0) is 13.9. The third kappa shape index (κ3) is 3.51. The summed E-state index contributed by atoms with van der Waals surface area (Å²) in [4.78, 5) is 25.8. The van der Waals surface area contributed by atoms with Crippen molar-refractivity contribution in [2.75, 3.05) is 7.11 Å². The Morgan fingerprint density at radius 2 is 1.89 bits per heavy atom. The van der Waals surface area contributed by atoms with Crippen LogP contribution >= 0.6 is 7.60 Å². The van der Waals surface area contributed by atoms with E-state index in [1.54, 1.807) is 6.07 Å². The lowest BCUT2D eigenvalue weighted by Gasteiger charge is -2.08. The van der Waals surface area contributed by atoms with E-state index in [0.29, 0.717) is 5.88 Å². The van der Waals surface area contributed by atoms with E-state index < -0.39 is 7.60 Å². The number of hydrogen-bond acceptors (Lipinski definition) is 5. The highest BCUT2D eigenvalue weighted by atomic mass is 31.2. The summed E-state index contributed by atoms with van der Waals surface area (Å²) in [6, 6.07) is 7.10. The average molecular weight is 282 g/mol. The summed E-state index contributed by atoms with van der Waals surface area (Å²) < 4.78 is 21.4. The first-order valence-electron chi connectivity index (χ1n) is 5.19. The van der Waals surface area contributed by atoms with Gasteiger partial charge in [-0.3, -0.25) is 4.57 Å². The number of nitrogens with zero attached hydrogens (tertiary/aromatic N) is 2. The van der Waals surface area contributed by atoms with Crippen LogP contribution in [0.15, 0.2) is 36.7 Å². The number of benzene rings is 1. The monoisotopic (exact) mass is 282 g/mol. The lowest BCUT2D eigenvalue weighted by Crippen LogP contribution is -2.03.